The molecule has 4 rings (SSSR count). The molecule has 6 nitrogen and oxygen atoms in total. The molecule has 0 fully saturated rings. The molecule has 0 aliphatic carbocycles. The summed E-state index contributed by atoms with van der Waals surface area (Å²) in [4.78, 5) is 4.17. The lowest BCUT2D eigenvalue weighted by molar-refractivity contribution is 0.347. The van der Waals surface area contributed by atoms with E-state index in [2.05, 4.69) is 9.71 Å². The Hall–Kier alpha value is -2.12. The van der Waals surface area contributed by atoms with Crippen LogP contribution in [0.2, 0.25) is 0 Å². The van der Waals surface area contributed by atoms with Crippen molar-refractivity contribution in [1.82, 2.24) is 9.71 Å². The summed E-state index contributed by atoms with van der Waals surface area (Å²) in [6, 6.07) is 5.47. The summed E-state index contributed by atoms with van der Waals surface area (Å²) in [5, 5.41) is 0. The Morgan fingerprint density at radius 3 is 2.74 bits per heavy atom. The summed E-state index contributed by atoms with van der Waals surface area (Å²) >= 11 is 0. The number of fused-ring (bicyclic) bond motifs is 2. The summed E-state index contributed by atoms with van der Waals surface area (Å²) in [6.45, 7) is 1.22. The van der Waals surface area contributed by atoms with Gasteiger partial charge in [0.15, 0.2) is 0 Å². The van der Waals surface area contributed by atoms with Crippen LogP contribution in [0.5, 0.6) is 11.5 Å². The minimum Gasteiger partial charge on any atom is -0.493 e. The first-order valence-electron chi connectivity index (χ1n) is 7.48. The second kappa shape index (κ2) is 5.50. The number of ether oxygens (including phenoxy) is 2. The van der Waals surface area contributed by atoms with Crippen molar-refractivity contribution in [2.75, 3.05) is 13.2 Å². The van der Waals surface area contributed by atoms with Gasteiger partial charge in [-0.15, -0.1) is 0 Å². The first-order chi connectivity index (χ1) is 11.1. The normalized spacial score (nSPS) is 15.7. The van der Waals surface area contributed by atoms with Gasteiger partial charge in [0.1, 0.15) is 16.4 Å². The van der Waals surface area contributed by atoms with E-state index in [0.717, 1.165) is 11.1 Å². The van der Waals surface area contributed by atoms with E-state index in [4.69, 9.17) is 9.47 Å². The maximum Gasteiger partial charge on any atom is 0.244 e. The summed E-state index contributed by atoms with van der Waals surface area (Å²) in [7, 11) is -3.68. The SMILES string of the molecule is O=S(=O)(NCc1ccncc1)c1c2c(cc3c1OCC3)OCC2. The van der Waals surface area contributed by atoms with E-state index in [0.29, 0.717) is 43.1 Å². The van der Waals surface area contributed by atoms with Crippen molar-refractivity contribution in [3.63, 3.8) is 0 Å². The molecule has 0 saturated carbocycles. The first-order valence-corrected chi connectivity index (χ1v) is 8.96. The highest BCUT2D eigenvalue weighted by atomic mass is 32.2. The predicted octanol–water partition coefficient (Wildman–Crippen LogP) is 1.43. The molecule has 0 amide bonds. The van der Waals surface area contributed by atoms with Crippen LogP contribution in [0.4, 0.5) is 0 Å². The number of rotatable bonds is 4. The minimum absolute atomic E-state index is 0.212. The third-order valence-electron chi connectivity index (χ3n) is 4.09. The standard InChI is InChI=1S/C16H16N2O4S/c19-23(20,18-10-11-1-5-17-6-2-11)16-13-4-8-21-14(13)9-12-3-7-22-15(12)16/h1-2,5-6,9,18H,3-4,7-8,10H2. The van der Waals surface area contributed by atoms with E-state index >= 15 is 0 Å². The zero-order valence-corrected chi connectivity index (χ0v) is 13.2. The molecule has 0 bridgehead atoms. The number of benzene rings is 1. The van der Waals surface area contributed by atoms with Gasteiger partial charge in [0, 0.05) is 42.9 Å². The van der Waals surface area contributed by atoms with Gasteiger partial charge >= 0.3 is 0 Å². The Bertz CT molecular complexity index is 818. The zero-order valence-electron chi connectivity index (χ0n) is 12.4. The van der Waals surface area contributed by atoms with Crippen LogP contribution in [0, 0.1) is 0 Å². The molecule has 2 aliphatic heterocycles. The number of nitrogens with zero attached hydrogens (tertiary/aromatic N) is 1. The summed E-state index contributed by atoms with van der Waals surface area (Å²) < 4.78 is 39.6. The van der Waals surface area contributed by atoms with Crippen molar-refractivity contribution in [3.05, 3.63) is 47.3 Å². The van der Waals surface area contributed by atoms with Gasteiger partial charge in [-0.1, -0.05) is 0 Å². The predicted molar refractivity (Wildman–Crippen MR) is 83.1 cm³/mol. The fourth-order valence-electron chi connectivity index (χ4n) is 2.98. The number of nitrogens with one attached hydrogen (secondary N) is 1. The van der Waals surface area contributed by atoms with Gasteiger partial charge < -0.3 is 9.47 Å². The fourth-order valence-corrected chi connectivity index (χ4v) is 4.44. The first kappa shape index (κ1) is 14.5. The van der Waals surface area contributed by atoms with Gasteiger partial charge in [-0.3, -0.25) is 4.98 Å². The lowest BCUT2D eigenvalue weighted by Crippen LogP contribution is -2.24. The maximum absolute atomic E-state index is 12.9. The highest BCUT2D eigenvalue weighted by Gasteiger charge is 2.33. The molecule has 2 aromatic rings. The van der Waals surface area contributed by atoms with Crippen molar-refractivity contribution >= 4 is 10.0 Å². The van der Waals surface area contributed by atoms with E-state index in [1.165, 1.54) is 0 Å². The molecule has 1 aromatic heterocycles. The molecule has 0 radical (unpaired) electrons. The van der Waals surface area contributed by atoms with Crippen molar-refractivity contribution < 1.29 is 17.9 Å². The summed E-state index contributed by atoms with van der Waals surface area (Å²) in [6.07, 6.45) is 4.56. The van der Waals surface area contributed by atoms with E-state index < -0.39 is 10.0 Å². The van der Waals surface area contributed by atoms with Gasteiger partial charge in [-0.2, -0.15) is 0 Å². The molecule has 3 heterocycles. The van der Waals surface area contributed by atoms with Crippen molar-refractivity contribution in [3.8, 4) is 11.5 Å². The largest absolute Gasteiger partial charge is 0.493 e. The average molecular weight is 332 g/mol. The van der Waals surface area contributed by atoms with E-state index in [1.54, 1.807) is 24.5 Å². The number of pyridine rings is 1. The van der Waals surface area contributed by atoms with Gasteiger partial charge in [0.05, 0.1) is 13.2 Å². The molecule has 7 heteroatoms. The fraction of sp³-hybridized carbons (Fsp3) is 0.312. The van der Waals surface area contributed by atoms with E-state index in [9.17, 15) is 8.42 Å². The third kappa shape index (κ3) is 2.55. The number of sulfonamides is 1. The van der Waals surface area contributed by atoms with Gasteiger partial charge in [0.2, 0.25) is 10.0 Å². The smallest absolute Gasteiger partial charge is 0.244 e. The average Bonchev–Trinajstić information content (AvgIpc) is 3.19. The quantitative estimate of drug-likeness (QED) is 0.916. The second-order valence-electron chi connectivity index (χ2n) is 5.55. The molecule has 1 aromatic carbocycles. The topological polar surface area (TPSA) is 77.5 Å². The molecule has 0 spiro atoms. The molecule has 0 saturated heterocycles. The van der Waals surface area contributed by atoms with Crippen LogP contribution in [0.15, 0.2) is 35.5 Å². The molecule has 0 unspecified atom stereocenters. The number of aromatic nitrogens is 1. The maximum atomic E-state index is 12.9. The Morgan fingerprint density at radius 1 is 1.13 bits per heavy atom. The molecular formula is C16H16N2O4S. The van der Waals surface area contributed by atoms with Crippen LogP contribution in [-0.4, -0.2) is 26.6 Å². The van der Waals surface area contributed by atoms with Crippen LogP contribution < -0.4 is 14.2 Å². The lowest BCUT2D eigenvalue weighted by Gasteiger charge is -2.14. The van der Waals surface area contributed by atoms with Crippen LogP contribution in [0.3, 0.4) is 0 Å². The summed E-state index contributed by atoms with van der Waals surface area (Å²) in [5.74, 6) is 1.15. The van der Waals surface area contributed by atoms with Gasteiger partial charge in [0.25, 0.3) is 0 Å². The number of hydrogen-bond acceptors (Lipinski definition) is 5. The number of hydrogen-bond donors (Lipinski definition) is 1. The zero-order chi connectivity index (χ0) is 15.9. The summed E-state index contributed by atoms with van der Waals surface area (Å²) in [5.41, 5.74) is 2.47. The highest BCUT2D eigenvalue weighted by Crippen LogP contribution is 2.42. The van der Waals surface area contributed by atoms with Crippen LogP contribution >= 0.6 is 0 Å². The van der Waals surface area contributed by atoms with Gasteiger partial charge in [-0.25, -0.2) is 13.1 Å². The molecule has 23 heavy (non-hydrogen) atoms. The molecular weight excluding hydrogens is 316 g/mol. The Morgan fingerprint density at radius 2 is 1.91 bits per heavy atom. The Kier molecular flexibility index (Phi) is 3.46. The monoisotopic (exact) mass is 332 g/mol. The molecule has 1 N–H and O–H groups in total. The van der Waals surface area contributed by atoms with Crippen LogP contribution in [0.25, 0.3) is 0 Å². The molecule has 120 valence electrons. The molecule has 0 atom stereocenters. The van der Waals surface area contributed by atoms with Crippen molar-refractivity contribution in [2.24, 2.45) is 0 Å². The second-order valence-corrected chi connectivity index (χ2v) is 7.25. The van der Waals surface area contributed by atoms with Crippen LogP contribution in [-0.2, 0) is 29.4 Å². The minimum atomic E-state index is -3.68. The van der Waals surface area contributed by atoms with Crippen molar-refractivity contribution in [1.29, 1.82) is 0 Å². The lowest BCUT2D eigenvalue weighted by atomic mass is 10.1. The third-order valence-corrected chi connectivity index (χ3v) is 5.58. The Balaban J connectivity index is 1.72. The van der Waals surface area contributed by atoms with E-state index in [1.807, 2.05) is 6.07 Å². The Labute approximate surface area is 134 Å². The van der Waals surface area contributed by atoms with Crippen LogP contribution in [0.1, 0.15) is 16.7 Å². The molecule has 2 aliphatic rings. The van der Waals surface area contributed by atoms with Gasteiger partial charge in [-0.05, 0) is 23.8 Å². The van der Waals surface area contributed by atoms with E-state index in [-0.39, 0.29) is 11.4 Å². The highest BCUT2D eigenvalue weighted by molar-refractivity contribution is 7.89. The van der Waals surface area contributed by atoms with Crippen molar-refractivity contribution in [2.45, 2.75) is 24.3 Å².